The zero-order chi connectivity index (χ0) is 13.8. The minimum atomic E-state index is -1.00. The number of anilines is 1. The quantitative estimate of drug-likeness (QED) is 0.644. The molecule has 19 heavy (non-hydrogen) atoms. The standard InChI is InChI=1S/C13H13FN2O3/c14-10-6-3-7-11(15-10)16-12(17)8-4-1-2-5-9(8)13(18)19/h1-3,6-9H,4-5H2,(H,18,19)(H,15,16,17)/t8-,9+/m1/s1. The SMILES string of the molecule is O=C(O)[C@H]1CC=CC[C@H]1C(=O)Nc1cccc(F)n1. The number of amides is 1. The minimum absolute atomic E-state index is 0.0868. The first-order chi connectivity index (χ1) is 9.08. The van der Waals surface area contributed by atoms with Crippen LogP contribution in [0, 0.1) is 17.8 Å². The molecular formula is C13H13FN2O3. The van der Waals surface area contributed by atoms with Crippen molar-refractivity contribution in [3.8, 4) is 0 Å². The molecule has 0 radical (unpaired) electrons. The van der Waals surface area contributed by atoms with Gasteiger partial charge in [-0.05, 0) is 25.0 Å². The van der Waals surface area contributed by atoms with Crippen molar-refractivity contribution in [3.63, 3.8) is 0 Å². The zero-order valence-corrected chi connectivity index (χ0v) is 10.0. The first kappa shape index (κ1) is 13.2. The Morgan fingerprint density at radius 1 is 1.26 bits per heavy atom. The molecule has 2 atom stereocenters. The van der Waals surface area contributed by atoms with Gasteiger partial charge >= 0.3 is 5.97 Å². The predicted molar refractivity (Wildman–Crippen MR) is 65.8 cm³/mol. The van der Waals surface area contributed by atoms with Crippen molar-refractivity contribution in [2.45, 2.75) is 12.8 Å². The summed E-state index contributed by atoms with van der Waals surface area (Å²) < 4.78 is 12.9. The van der Waals surface area contributed by atoms with E-state index in [0.29, 0.717) is 12.8 Å². The number of allylic oxidation sites excluding steroid dienone is 2. The van der Waals surface area contributed by atoms with E-state index in [4.69, 9.17) is 5.11 Å². The number of hydrogen-bond acceptors (Lipinski definition) is 3. The first-order valence-corrected chi connectivity index (χ1v) is 5.89. The van der Waals surface area contributed by atoms with Gasteiger partial charge in [0.15, 0.2) is 0 Å². The number of aliphatic carboxylic acids is 1. The number of aromatic nitrogens is 1. The molecule has 2 N–H and O–H groups in total. The Labute approximate surface area is 109 Å². The number of hydrogen-bond donors (Lipinski definition) is 2. The third kappa shape index (κ3) is 3.15. The van der Waals surface area contributed by atoms with Crippen LogP contribution in [0.4, 0.5) is 10.2 Å². The Morgan fingerprint density at radius 2 is 1.95 bits per heavy atom. The van der Waals surface area contributed by atoms with Crippen molar-refractivity contribution in [1.29, 1.82) is 0 Å². The molecule has 1 aromatic rings. The van der Waals surface area contributed by atoms with Crippen LogP contribution in [-0.2, 0) is 9.59 Å². The van der Waals surface area contributed by atoms with Gasteiger partial charge in [-0.15, -0.1) is 0 Å². The minimum Gasteiger partial charge on any atom is -0.481 e. The fraction of sp³-hybridized carbons (Fsp3) is 0.308. The maximum atomic E-state index is 12.9. The summed E-state index contributed by atoms with van der Waals surface area (Å²) in [6.45, 7) is 0. The molecule has 0 aliphatic heterocycles. The number of carboxylic acids is 1. The predicted octanol–water partition coefficient (Wildman–Crippen LogP) is 1.83. The van der Waals surface area contributed by atoms with E-state index < -0.39 is 29.7 Å². The topological polar surface area (TPSA) is 79.3 Å². The van der Waals surface area contributed by atoms with E-state index in [2.05, 4.69) is 10.3 Å². The summed E-state index contributed by atoms with van der Waals surface area (Å²) in [5, 5.41) is 11.5. The number of pyridine rings is 1. The highest BCUT2D eigenvalue weighted by Gasteiger charge is 2.34. The summed E-state index contributed by atoms with van der Waals surface area (Å²) in [5.74, 6) is -3.47. The van der Waals surface area contributed by atoms with Gasteiger partial charge in [0.05, 0.1) is 11.8 Å². The zero-order valence-electron chi connectivity index (χ0n) is 10.0. The van der Waals surface area contributed by atoms with E-state index in [1.807, 2.05) is 0 Å². The van der Waals surface area contributed by atoms with E-state index in [1.54, 1.807) is 12.2 Å². The summed E-state index contributed by atoms with van der Waals surface area (Å²) >= 11 is 0. The maximum absolute atomic E-state index is 12.9. The molecule has 1 amide bonds. The van der Waals surface area contributed by atoms with Crippen molar-refractivity contribution in [2.75, 3.05) is 5.32 Å². The van der Waals surface area contributed by atoms with Crippen molar-refractivity contribution >= 4 is 17.7 Å². The monoisotopic (exact) mass is 264 g/mol. The summed E-state index contributed by atoms with van der Waals surface area (Å²) in [6.07, 6.45) is 4.22. The van der Waals surface area contributed by atoms with Gasteiger partial charge in [0.1, 0.15) is 5.82 Å². The molecule has 0 spiro atoms. The highest BCUT2D eigenvalue weighted by atomic mass is 19.1. The van der Waals surface area contributed by atoms with Crippen LogP contribution >= 0.6 is 0 Å². The van der Waals surface area contributed by atoms with Crippen LogP contribution in [-0.4, -0.2) is 22.0 Å². The largest absolute Gasteiger partial charge is 0.481 e. The van der Waals surface area contributed by atoms with Crippen LogP contribution in [0.2, 0.25) is 0 Å². The maximum Gasteiger partial charge on any atom is 0.307 e. The Kier molecular flexibility index (Phi) is 3.89. The molecule has 1 aliphatic rings. The molecule has 0 saturated heterocycles. The lowest BCUT2D eigenvalue weighted by Crippen LogP contribution is -2.34. The van der Waals surface area contributed by atoms with Gasteiger partial charge in [-0.2, -0.15) is 4.39 Å². The summed E-state index contributed by atoms with van der Waals surface area (Å²) in [4.78, 5) is 26.6. The van der Waals surface area contributed by atoms with Crippen LogP contribution in [0.25, 0.3) is 0 Å². The van der Waals surface area contributed by atoms with Gasteiger partial charge in [0, 0.05) is 0 Å². The van der Waals surface area contributed by atoms with Gasteiger partial charge in [-0.3, -0.25) is 9.59 Å². The Hall–Kier alpha value is -2.24. The smallest absolute Gasteiger partial charge is 0.307 e. The van der Waals surface area contributed by atoms with Crippen LogP contribution in [0.5, 0.6) is 0 Å². The molecule has 2 rings (SSSR count). The molecule has 6 heteroatoms. The van der Waals surface area contributed by atoms with E-state index in [0.717, 1.165) is 0 Å². The third-order valence-corrected chi connectivity index (χ3v) is 3.05. The van der Waals surface area contributed by atoms with Crippen LogP contribution in [0.3, 0.4) is 0 Å². The lowest BCUT2D eigenvalue weighted by molar-refractivity contribution is -0.146. The Morgan fingerprint density at radius 3 is 2.58 bits per heavy atom. The lowest BCUT2D eigenvalue weighted by Gasteiger charge is -2.23. The lowest BCUT2D eigenvalue weighted by atomic mass is 9.82. The van der Waals surface area contributed by atoms with Crippen LogP contribution < -0.4 is 5.32 Å². The molecule has 5 nitrogen and oxygen atoms in total. The van der Waals surface area contributed by atoms with E-state index in [1.165, 1.54) is 18.2 Å². The van der Waals surface area contributed by atoms with Gasteiger partial charge in [-0.1, -0.05) is 18.2 Å². The summed E-state index contributed by atoms with van der Waals surface area (Å²) in [7, 11) is 0. The van der Waals surface area contributed by atoms with Crippen LogP contribution in [0.1, 0.15) is 12.8 Å². The second-order valence-electron chi connectivity index (χ2n) is 4.33. The van der Waals surface area contributed by atoms with Gasteiger partial charge in [0.2, 0.25) is 11.9 Å². The first-order valence-electron chi connectivity index (χ1n) is 5.89. The third-order valence-electron chi connectivity index (χ3n) is 3.05. The number of carbonyl (C=O) groups is 2. The van der Waals surface area contributed by atoms with Crippen molar-refractivity contribution in [1.82, 2.24) is 4.98 Å². The molecule has 0 fully saturated rings. The highest BCUT2D eigenvalue weighted by molar-refractivity contribution is 5.94. The molecule has 1 aromatic heterocycles. The normalized spacial score (nSPS) is 21.9. The summed E-state index contributed by atoms with van der Waals surface area (Å²) in [5.41, 5.74) is 0. The van der Waals surface area contributed by atoms with E-state index in [-0.39, 0.29) is 5.82 Å². The molecule has 0 bridgehead atoms. The van der Waals surface area contributed by atoms with Crippen molar-refractivity contribution < 1.29 is 19.1 Å². The highest BCUT2D eigenvalue weighted by Crippen LogP contribution is 2.27. The average Bonchev–Trinajstić information content (AvgIpc) is 2.38. The Bertz CT molecular complexity index is 530. The van der Waals surface area contributed by atoms with Gasteiger partial charge in [0.25, 0.3) is 0 Å². The van der Waals surface area contributed by atoms with E-state index in [9.17, 15) is 14.0 Å². The number of halogens is 1. The Balaban J connectivity index is 2.10. The van der Waals surface area contributed by atoms with Gasteiger partial charge < -0.3 is 10.4 Å². The summed E-state index contributed by atoms with van der Waals surface area (Å²) in [6, 6.07) is 4.04. The molecule has 0 saturated carbocycles. The van der Waals surface area contributed by atoms with Gasteiger partial charge in [-0.25, -0.2) is 4.98 Å². The van der Waals surface area contributed by atoms with Crippen LogP contribution in [0.15, 0.2) is 30.4 Å². The number of nitrogens with one attached hydrogen (secondary N) is 1. The molecule has 1 heterocycles. The molecular weight excluding hydrogens is 251 g/mol. The molecule has 1 aliphatic carbocycles. The number of carboxylic acid groups (broad SMARTS) is 1. The fourth-order valence-corrected chi connectivity index (χ4v) is 2.07. The molecule has 0 aromatic carbocycles. The second-order valence-corrected chi connectivity index (χ2v) is 4.33. The fourth-order valence-electron chi connectivity index (χ4n) is 2.07. The number of nitrogens with zero attached hydrogens (tertiary/aromatic N) is 1. The number of carbonyl (C=O) groups excluding carboxylic acids is 1. The van der Waals surface area contributed by atoms with E-state index >= 15 is 0 Å². The van der Waals surface area contributed by atoms with Crippen molar-refractivity contribution in [2.24, 2.45) is 11.8 Å². The number of rotatable bonds is 3. The average molecular weight is 264 g/mol. The second kappa shape index (κ2) is 5.60. The van der Waals surface area contributed by atoms with Crippen molar-refractivity contribution in [3.05, 3.63) is 36.3 Å². The molecule has 100 valence electrons. The molecule has 0 unspecified atom stereocenters.